The first-order valence-electron chi connectivity index (χ1n) is 6.47. The Hall–Kier alpha value is 0.470. The Morgan fingerprint density at radius 3 is 1.91 bits per heavy atom. The van der Waals surface area contributed by atoms with E-state index in [1.807, 2.05) is 42.8 Å². The molecule has 0 N–H and O–H groups in total. The lowest BCUT2D eigenvalue weighted by atomic mass is 9.97. The first-order valence-corrected chi connectivity index (χ1v) is 9.12. The molecule has 3 rings (SSSR count). The fraction of sp³-hybridized carbons (Fsp3) is 0.188. The van der Waals surface area contributed by atoms with E-state index in [4.69, 9.17) is 81.2 Å². The summed E-state index contributed by atoms with van der Waals surface area (Å²) in [6.45, 7) is 0. The van der Waals surface area contributed by atoms with Crippen molar-refractivity contribution in [2.24, 2.45) is 0 Å². The Labute approximate surface area is 169 Å². The zero-order chi connectivity index (χ0) is 17.0. The van der Waals surface area contributed by atoms with Crippen LogP contribution in [0.5, 0.6) is 0 Å². The maximum atomic E-state index is 6.49. The van der Waals surface area contributed by atoms with Crippen molar-refractivity contribution >= 4 is 81.2 Å². The number of halogens is 7. The molecule has 7 heteroatoms. The Balaban J connectivity index is 2.17. The number of alkyl halides is 7. The summed E-state index contributed by atoms with van der Waals surface area (Å²) in [5.41, 5.74) is 4.36. The second kappa shape index (κ2) is 6.02. The van der Waals surface area contributed by atoms with Crippen LogP contribution in [0.4, 0.5) is 0 Å². The molecule has 0 aromatic heterocycles. The molecule has 0 atom stereocenters. The normalized spacial score (nSPS) is 14.6. The summed E-state index contributed by atoms with van der Waals surface area (Å²) < 4.78 is -6.00. The van der Waals surface area contributed by atoms with Gasteiger partial charge in [-0.05, 0) is 27.8 Å². The van der Waals surface area contributed by atoms with Gasteiger partial charge < -0.3 is 0 Å². The highest BCUT2D eigenvalue weighted by molar-refractivity contribution is 6.78. The summed E-state index contributed by atoms with van der Waals surface area (Å²) in [5.74, 6) is 0. The van der Waals surface area contributed by atoms with E-state index in [0.717, 1.165) is 22.3 Å². The molecular formula is C16H8Cl7. The van der Waals surface area contributed by atoms with Crippen molar-refractivity contribution in [1.82, 2.24) is 0 Å². The predicted molar refractivity (Wildman–Crippen MR) is 102 cm³/mol. The predicted octanol–water partition coefficient (Wildman–Crippen LogP) is 7.44. The van der Waals surface area contributed by atoms with E-state index in [9.17, 15) is 0 Å². The Kier molecular flexibility index (Phi) is 4.78. The molecule has 2 aromatic carbocycles. The maximum Gasteiger partial charge on any atom is 0.226 e. The molecule has 0 nitrogen and oxygen atoms in total. The van der Waals surface area contributed by atoms with Gasteiger partial charge in [0.1, 0.15) is 0 Å². The molecular weight excluding hydrogens is 440 g/mol. The molecule has 0 bridgehead atoms. The fourth-order valence-electron chi connectivity index (χ4n) is 2.60. The molecule has 23 heavy (non-hydrogen) atoms. The van der Waals surface area contributed by atoms with E-state index in [1.165, 1.54) is 0 Å². The number of hydrogen-bond acceptors (Lipinski definition) is 0. The van der Waals surface area contributed by atoms with E-state index in [2.05, 4.69) is 0 Å². The molecule has 0 heterocycles. The molecule has 0 unspecified atom stereocenters. The summed E-state index contributed by atoms with van der Waals surface area (Å²) in [7, 11) is 0. The first-order chi connectivity index (χ1) is 10.6. The zero-order valence-corrected chi connectivity index (χ0v) is 16.6. The van der Waals surface area contributed by atoms with Crippen LogP contribution in [0.15, 0.2) is 42.5 Å². The number of benzene rings is 2. The van der Waals surface area contributed by atoms with Crippen molar-refractivity contribution in [3.63, 3.8) is 0 Å². The minimum absolute atomic E-state index is 0.478. The maximum absolute atomic E-state index is 6.49. The van der Waals surface area contributed by atoms with Gasteiger partial charge >= 0.3 is 0 Å². The molecule has 0 saturated carbocycles. The lowest BCUT2D eigenvalue weighted by molar-refractivity contribution is 0.696. The van der Waals surface area contributed by atoms with Crippen molar-refractivity contribution in [1.29, 1.82) is 0 Å². The van der Waals surface area contributed by atoms with Gasteiger partial charge in [-0.2, -0.15) is 0 Å². The molecule has 121 valence electrons. The zero-order valence-electron chi connectivity index (χ0n) is 11.3. The Bertz CT molecular complexity index is 759. The SMILES string of the molecule is ClC(Cl)(Cl)C(Cl)(Cl)C(Cl)(Cl)c1cccc2c1[CH]c1ccccc1-2. The van der Waals surface area contributed by atoms with E-state index in [0.29, 0.717) is 5.56 Å². The highest BCUT2D eigenvalue weighted by atomic mass is 35.6. The van der Waals surface area contributed by atoms with Gasteiger partial charge in [-0.3, -0.25) is 0 Å². The van der Waals surface area contributed by atoms with Gasteiger partial charge in [-0.1, -0.05) is 124 Å². The average Bonchev–Trinajstić information content (AvgIpc) is 2.84. The third kappa shape index (κ3) is 2.85. The quantitative estimate of drug-likeness (QED) is 0.358. The summed E-state index contributed by atoms with van der Waals surface area (Å²) in [6.07, 6.45) is 1.96. The van der Waals surface area contributed by atoms with Crippen molar-refractivity contribution in [3.8, 4) is 11.1 Å². The summed E-state index contributed by atoms with van der Waals surface area (Å²) in [6, 6.07) is 13.4. The molecule has 0 fully saturated rings. The van der Waals surface area contributed by atoms with E-state index in [-0.39, 0.29) is 0 Å². The van der Waals surface area contributed by atoms with Crippen molar-refractivity contribution in [2.45, 2.75) is 12.5 Å². The van der Waals surface area contributed by atoms with Crippen LogP contribution in [0.25, 0.3) is 11.1 Å². The van der Waals surface area contributed by atoms with Crippen LogP contribution >= 0.6 is 81.2 Å². The van der Waals surface area contributed by atoms with Gasteiger partial charge in [0.25, 0.3) is 0 Å². The topological polar surface area (TPSA) is 0 Å². The van der Waals surface area contributed by atoms with Gasteiger partial charge in [0.2, 0.25) is 8.13 Å². The van der Waals surface area contributed by atoms with Gasteiger partial charge in [-0.15, -0.1) is 0 Å². The highest BCUT2D eigenvalue weighted by Gasteiger charge is 2.61. The molecule has 1 aliphatic carbocycles. The average molecular weight is 448 g/mol. The molecule has 1 radical (unpaired) electrons. The third-order valence-corrected chi connectivity index (χ3v) is 7.67. The largest absolute Gasteiger partial charge is 0.226 e. The van der Waals surface area contributed by atoms with E-state index < -0.39 is 12.5 Å². The van der Waals surface area contributed by atoms with Crippen molar-refractivity contribution in [3.05, 3.63) is 65.6 Å². The van der Waals surface area contributed by atoms with Crippen LogP contribution in [0, 0.1) is 6.42 Å². The van der Waals surface area contributed by atoms with E-state index >= 15 is 0 Å². The van der Waals surface area contributed by atoms with Crippen LogP contribution in [-0.4, -0.2) is 8.13 Å². The van der Waals surface area contributed by atoms with E-state index in [1.54, 1.807) is 6.07 Å². The smallest absolute Gasteiger partial charge is 0.0930 e. The Morgan fingerprint density at radius 2 is 1.26 bits per heavy atom. The molecule has 0 amide bonds. The lowest BCUT2D eigenvalue weighted by Gasteiger charge is -2.38. The van der Waals surface area contributed by atoms with Crippen LogP contribution in [-0.2, 0) is 4.33 Å². The number of hydrogen-bond donors (Lipinski definition) is 0. The van der Waals surface area contributed by atoms with Crippen molar-refractivity contribution in [2.75, 3.05) is 0 Å². The standard InChI is InChI=1S/C16H8Cl7/c17-14(18,15(19,20)16(21,22)23)13-7-3-6-11-10-5-2-1-4-9(10)8-12(11)13/h1-8H. The third-order valence-electron chi connectivity index (χ3n) is 3.75. The summed E-state index contributed by atoms with van der Waals surface area (Å²) >= 11 is 43.1. The van der Waals surface area contributed by atoms with Crippen LogP contribution in [0.2, 0.25) is 0 Å². The van der Waals surface area contributed by atoms with Gasteiger partial charge in [0.15, 0.2) is 4.33 Å². The summed E-state index contributed by atoms with van der Waals surface area (Å²) in [4.78, 5) is 0. The first kappa shape index (κ1) is 18.3. The second-order valence-corrected chi connectivity index (χ2v) is 10.1. The van der Waals surface area contributed by atoms with Gasteiger partial charge in [0, 0.05) is 6.42 Å². The number of fused-ring (bicyclic) bond motifs is 3. The monoisotopic (exact) mass is 445 g/mol. The highest BCUT2D eigenvalue weighted by Crippen LogP contribution is 2.62. The molecule has 0 saturated heterocycles. The van der Waals surface area contributed by atoms with Crippen LogP contribution in [0.1, 0.15) is 16.7 Å². The molecule has 0 aliphatic heterocycles. The molecule has 1 aliphatic rings. The van der Waals surface area contributed by atoms with Gasteiger partial charge in [-0.25, -0.2) is 0 Å². The Morgan fingerprint density at radius 1 is 0.652 bits per heavy atom. The molecule has 2 aromatic rings. The second-order valence-electron chi connectivity index (χ2n) is 5.14. The summed E-state index contributed by atoms with van der Waals surface area (Å²) in [5, 5.41) is 0. The van der Waals surface area contributed by atoms with Crippen LogP contribution < -0.4 is 0 Å². The minimum Gasteiger partial charge on any atom is -0.0930 e. The minimum atomic E-state index is -2.09. The molecule has 0 spiro atoms. The lowest BCUT2D eigenvalue weighted by Crippen LogP contribution is -2.45. The van der Waals surface area contributed by atoms with Crippen LogP contribution in [0.3, 0.4) is 0 Å². The number of rotatable bonds is 2. The van der Waals surface area contributed by atoms with Gasteiger partial charge in [0.05, 0.1) is 0 Å². The fourth-order valence-corrected chi connectivity index (χ4v) is 4.13. The van der Waals surface area contributed by atoms with Crippen molar-refractivity contribution < 1.29 is 0 Å².